The molecule has 3 aromatic rings. The van der Waals surface area contributed by atoms with Gasteiger partial charge in [0.05, 0.1) is 28.3 Å². The first-order valence-corrected chi connectivity index (χ1v) is 13.5. The Bertz CT molecular complexity index is 1560. The highest BCUT2D eigenvalue weighted by atomic mass is 35.5. The molecule has 0 unspecified atom stereocenters. The number of nitrogens with one attached hydrogen (secondary N) is 3. The van der Waals surface area contributed by atoms with Crippen molar-refractivity contribution in [1.82, 2.24) is 5.32 Å². The van der Waals surface area contributed by atoms with Crippen molar-refractivity contribution in [2.24, 2.45) is 0 Å². The van der Waals surface area contributed by atoms with Crippen LogP contribution in [-0.2, 0) is 9.59 Å². The summed E-state index contributed by atoms with van der Waals surface area (Å²) in [5, 5.41) is 19.9. The second-order valence-corrected chi connectivity index (χ2v) is 10.4. The van der Waals surface area contributed by atoms with Gasteiger partial charge in [0.15, 0.2) is 0 Å². The number of para-hydroxylation sites is 1. The number of anilines is 2. The van der Waals surface area contributed by atoms with Gasteiger partial charge in [0.2, 0.25) is 5.91 Å². The summed E-state index contributed by atoms with van der Waals surface area (Å²) < 4.78 is 15.1. The molecular formula is C30H26ClFN4O2S. The van der Waals surface area contributed by atoms with Crippen LogP contribution in [0.25, 0.3) is 0 Å². The van der Waals surface area contributed by atoms with Crippen LogP contribution < -0.4 is 16.0 Å². The molecule has 2 amide bonds. The normalized spacial score (nSPS) is 14.9. The van der Waals surface area contributed by atoms with Gasteiger partial charge < -0.3 is 16.0 Å². The van der Waals surface area contributed by atoms with E-state index in [0.717, 1.165) is 22.9 Å². The summed E-state index contributed by atoms with van der Waals surface area (Å²) in [4.78, 5) is 26.3. The second kappa shape index (κ2) is 12.2. The molecule has 3 N–H and O–H groups in total. The molecule has 1 aliphatic rings. The maximum absolute atomic E-state index is 15.1. The molecule has 0 bridgehead atoms. The van der Waals surface area contributed by atoms with Crippen molar-refractivity contribution in [2.75, 3.05) is 16.4 Å². The molecule has 0 radical (unpaired) electrons. The van der Waals surface area contributed by atoms with Crippen LogP contribution in [0.3, 0.4) is 0 Å². The minimum Gasteiger partial charge on any atom is -0.353 e. The fourth-order valence-corrected chi connectivity index (χ4v) is 5.33. The predicted molar refractivity (Wildman–Crippen MR) is 155 cm³/mol. The van der Waals surface area contributed by atoms with Gasteiger partial charge in [-0.15, -0.1) is 0 Å². The molecule has 0 aromatic heterocycles. The molecule has 0 aliphatic carbocycles. The smallest absolute Gasteiger partial charge is 0.254 e. The third-order valence-corrected chi connectivity index (χ3v) is 7.73. The first-order chi connectivity index (χ1) is 18.7. The van der Waals surface area contributed by atoms with Gasteiger partial charge in [0.1, 0.15) is 5.82 Å². The van der Waals surface area contributed by atoms with Crippen LogP contribution in [0, 0.1) is 31.0 Å². The van der Waals surface area contributed by atoms with E-state index in [2.05, 4.69) is 22.0 Å². The van der Waals surface area contributed by atoms with Gasteiger partial charge in [-0.2, -0.15) is 5.26 Å². The SMILES string of the molecule is CC1=C(C(=O)Nc2ccccc2C)[C@H](c2ccccc2F)C(C#N)=C(SCC(=O)Nc2ccc(C)c(Cl)c2)N1. The molecule has 4 rings (SSSR count). The van der Waals surface area contributed by atoms with Gasteiger partial charge in [0.25, 0.3) is 5.91 Å². The molecule has 1 atom stereocenters. The van der Waals surface area contributed by atoms with E-state index in [4.69, 9.17) is 11.6 Å². The van der Waals surface area contributed by atoms with Crippen LogP contribution in [0.15, 0.2) is 88.6 Å². The Labute approximate surface area is 235 Å². The number of hydrogen-bond acceptors (Lipinski definition) is 5. The molecule has 6 nitrogen and oxygen atoms in total. The molecular weight excluding hydrogens is 535 g/mol. The lowest BCUT2D eigenvalue weighted by Crippen LogP contribution is -2.31. The Balaban J connectivity index is 1.64. The van der Waals surface area contributed by atoms with Crippen LogP contribution in [0.2, 0.25) is 5.02 Å². The van der Waals surface area contributed by atoms with Crippen LogP contribution in [-0.4, -0.2) is 17.6 Å². The molecule has 39 heavy (non-hydrogen) atoms. The molecule has 0 spiro atoms. The lowest BCUT2D eigenvalue weighted by molar-refractivity contribution is -0.114. The minimum atomic E-state index is -0.970. The molecule has 0 fully saturated rings. The maximum atomic E-state index is 15.1. The summed E-state index contributed by atoms with van der Waals surface area (Å²) in [5.74, 6) is -2.29. The van der Waals surface area contributed by atoms with E-state index < -0.39 is 17.6 Å². The van der Waals surface area contributed by atoms with E-state index in [9.17, 15) is 14.9 Å². The highest BCUT2D eigenvalue weighted by Gasteiger charge is 2.36. The number of aryl methyl sites for hydroxylation is 2. The van der Waals surface area contributed by atoms with Crippen molar-refractivity contribution in [3.05, 3.63) is 116 Å². The van der Waals surface area contributed by atoms with E-state index in [1.54, 1.807) is 49.4 Å². The number of rotatable bonds is 7. The molecule has 3 aromatic carbocycles. The molecule has 9 heteroatoms. The Kier molecular flexibility index (Phi) is 8.75. The zero-order valence-corrected chi connectivity index (χ0v) is 23.1. The zero-order chi connectivity index (χ0) is 28.1. The minimum absolute atomic E-state index is 0.0268. The summed E-state index contributed by atoms with van der Waals surface area (Å²) in [6.45, 7) is 5.44. The molecule has 1 aliphatic heterocycles. The number of nitrogens with zero attached hydrogens (tertiary/aromatic N) is 1. The number of halogens is 2. The van der Waals surface area contributed by atoms with E-state index in [-0.39, 0.29) is 28.4 Å². The summed E-state index contributed by atoms with van der Waals surface area (Å²) in [5.41, 5.74) is 3.96. The first kappa shape index (κ1) is 28.0. The second-order valence-electron chi connectivity index (χ2n) is 9.04. The fourth-order valence-electron chi connectivity index (χ4n) is 4.26. The Hall–Kier alpha value is -4.06. The van der Waals surface area contributed by atoms with Gasteiger partial charge >= 0.3 is 0 Å². The fraction of sp³-hybridized carbons (Fsp3) is 0.167. The Morgan fingerprint density at radius 2 is 1.74 bits per heavy atom. The van der Waals surface area contributed by atoms with Crippen LogP contribution in [0.4, 0.5) is 15.8 Å². The third-order valence-electron chi connectivity index (χ3n) is 6.30. The highest BCUT2D eigenvalue weighted by molar-refractivity contribution is 8.03. The molecule has 0 saturated heterocycles. The number of hydrogen-bond donors (Lipinski definition) is 3. The van der Waals surface area contributed by atoms with Crippen molar-refractivity contribution < 1.29 is 14.0 Å². The zero-order valence-electron chi connectivity index (χ0n) is 21.6. The maximum Gasteiger partial charge on any atom is 0.254 e. The number of allylic oxidation sites excluding steroid dienone is 2. The lowest BCUT2D eigenvalue weighted by atomic mass is 9.82. The van der Waals surface area contributed by atoms with Crippen molar-refractivity contribution >= 4 is 46.6 Å². The summed E-state index contributed by atoms with van der Waals surface area (Å²) in [6.07, 6.45) is 0. The Morgan fingerprint density at radius 3 is 2.44 bits per heavy atom. The summed E-state index contributed by atoms with van der Waals surface area (Å²) >= 11 is 7.26. The standard InChI is InChI=1S/C30H26ClFN4O2S/c1-17-12-13-20(14-23(17)31)35-26(37)16-39-30-22(15-33)28(21-9-5-6-10-24(21)32)27(19(3)34-30)29(38)36-25-11-7-4-8-18(25)2/h4-14,28,34H,16H2,1-3H3,(H,35,37)(H,36,38)/t28-/m1/s1. The number of thioether (sulfide) groups is 1. The highest BCUT2D eigenvalue weighted by Crippen LogP contribution is 2.42. The Morgan fingerprint density at radius 1 is 1.03 bits per heavy atom. The average molecular weight is 561 g/mol. The van der Waals surface area contributed by atoms with Gasteiger partial charge in [0, 0.05) is 33.2 Å². The van der Waals surface area contributed by atoms with Gasteiger partial charge in [-0.25, -0.2) is 4.39 Å². The van der Waals surface area contributed by atoms with E-state index in [1.165, 1.54) is 6.07 Å². The van der Waals surface area contributed by atoms with E-state index in [1.807, 2.05) is 32.0 Å². The molecule has 0 saturated carbocycles. The van der Waals surface area contributed by atoms with Crippen LogP contribution >= 0.6 is 23.4 Å². The topological polar surface area (TPSA) is 94.0 Å². The van der Waals surface area contributed by atoms with Crippen molar-refractivity contribution in [3.63, 3.8) is 0 Å². The van der Waals surface area contributed by atoms with Gasteiger partial charge in [-0.05, 0) is 56.2 Å². The van der Waals surface area contributed by atoms with E-state index in [0.29, 0.717) is 27.1 Å². The average Bonchev–Trinajstić information content (AvgIpc) is 2.90. The van der Waals surface area contributed by atoms with Crippen molar-refractivity contribution in [2.45, 2.75) is 26.7 Å². The van der Waals surface area contributed by atoms with Gasteiger partial charge in [-0.3, -0.25) is 9.59 Å². The molecule has 198 valence electrons. The third kappa shape index (κ3) is 6.33. The summed E-state index contributed by atoms with van der Waals surface area (Å²) in [7, 11) is 0. The number of dihydropyridines is 1. The van der Waals surface area contributed by atoms with Crippen molar-refractivity contribution in [3.8, 4) is 6.07 Å². The summed E-state index contributed by atoms with van der Waals surface area (Å²) in [6, 6.07) is 20.8. The van der Waals surface area contributed by atoms with Gasteiger partial charge in [-0.1, -0.05) is 65.8 Å². The first-order valence-electron chi connectivity index (χ1n) is 12.1. The number of nitriles is 1. The largest absolute Gasteiger partial charge is 0.353 e. The lowest BCUT2D eigenvalue weighted by Gasteiger charge is -2.30. The number of amides is 2. The number of carbonyl (C=O) groups excluding carboxylic acids is 2. The van der Waals surface area contributed by atoms with Crippen molar-refractivity contribution in [1.29, 1.82) is 5.26 Å². The van der Waals surface area contributed by atoms with Crippen LogP contribution in [0.5, 0.6) is 0 Å². The van der Waals surface area contributed by atoms with Crippen LogP contribution in [0.1, 0.15) is 29.5 Å². The molecule has 1 heterocycles. The number of carbonyl (C=O) groups is 2. The predicted octanol–water partition coefficient (Wildman–Crippen LogP) is 6.80. The quantitative estimate of drug-likeness (QED) is 0.295. The monoisotopic (exact) mass is 560 g/mol. The number of benzene rings is 3. The van der Waals surface area contributed by atoms with E-state index >= 15 is 4.39 Å².